The molecule has 0 aliphatic rings. The van der Waals surface area contributed by atoms with Gasteiger partial charge in [0.2, 0.25) is 0 Å². The number of nitrogens with zero attached hydrogens (tertiary/aromatic N) is 3. The van der Waals surface area contributed by atoms with Gasteiger partial charge in [-0.25, -0.2) is 4.98 Å². The summed E-state index contributed by atoms with van der Waals surface area (Å²) in [5.74, 6) is 0. The molecule has 5 heteroatoms. The molecule has 0 unspecified atom stereocenters. The van der Waals surface area contributed by atoms with Gasteiger partial charge in [0.05, 0.1) is 11.1 Å². The summed E-state index contributed by atoms with van der Waals surface area (Å²) in [6.45, 7) is 5.08. The number of aldehydes is 1. The van der Waals surface area contributed by atoms with E-state index in [1.807, 2.05) is 0 Å². The Morgan fingerprint density at radius 2 is 2.12 bits per heavy atom. The van der Waals surface area contributed by atoms with Gasteiger partial charge in [0, 0.05) is 19.6 Å². The molecule has 0 aromatic carbocycles. The maximum Gasteiger partial charge on any atom is 0.185 e. The van der Waals surface area contributed by atoms with Crippen molar-refractivity contribution in [1.82, 2.24) is 9.88 Å². The van der Waals surface area contributed by atoms with Gasteiger partial charge in [0.25, 0.3) is 0 Å². The lowest BCUT2D eigenvalue weighted by molar-refractivity contribution is 0.112. The molecule has 0 amide bonds. The van der Waals surface area contributed by atoms with Gasteiger partial charge in [0.15, 0.2) is 11.4 Å². The Kier molecular flexibility index (Phi) is 5.42. The number of hydrogen-bond donors (Lipinski definition) is 0. The summed E-state index contributed by atoms with van der Waals surface area (Å²) in [6, 6.07) is 0. The number of likely N-dealkylation sites (N-methyl/N-ethyl adjacent to an activating group) is 1. The lowest BCUT2D eigenvalue weighted by Gasteiger charge is -2.22. The highest BCUT2D eigenvalue weighted by atomic mass is 32.1. The minimum atomic E-state index is 0.695. The smallest absolute Gasteiger partial charge is 0.185 e. The Morgan fingerprint density at radius 3 is 2.62 bits per heavy atom. The molecule has 0 saturated heterocycles. The molecule has 0 N–H and O–H groups in total. The largest absolute Gasteiger partial charge is 0.347 e. The van der Waals surface area contributed by atoms with Gasteiger partial charge in [-0.2, -0.15) is 0 Å². The molecule has 1 aromatic heterocycles. The van der Waals surface area contributed by atoms with E-state index in [1.165, 1.54) is 11.3 Å². The fourth-order valence-corrected chi connectivity index (χ4v) is 2.15. The quantitative estimate of drug-likeness (QED) is 0.681. The highest BCUT2D eigenvalue weighted by Gasteiger charge is 2.10. The molecule has 1 rings (SSSR count). The van der Waals surface area contributed by atoms with E-state index in [0.29, 0.717) is 4.88 Å². The van der Waals surface area contributed by atoms with Crippen LogP contribution in [0.1, 0.15) is 23.0 Å². The Balaban J connectivity index is 2.64. The molecule has 4 nitrogen and oxygen atoms in total. The molecule has 0 saturated carbocycles. The van der Waals surface area contributed by atoms with Crippen LogP contribution in [0, 0.1) is 0 Å². The van der Waals surface area contributed by atoms with Crippen LogP contribution in [-0.4, -0.2) is 49.9 Å². The zero-order valence-electron chi connectivity index (χ0n) is 10.1. The number of hydrogen-bond acceptors (Lipinski definition) is 5. The minimum absolute atomic E-state index is 0.695. The first kappa shape index (κ1) is 13.1. The van der Waals surface area contributed by atoms with Crippen LogP contribution in [0.15, 0.2) is 6.20 Å². The maximum absolute atomic E-state index is 10.6. The Morgan fingerprint density at radius 1 is 1.38 bits per heavy atom. The van der Waals surface area contributed by atoms with Crippen molar-refractivity contribution in [2.45, 2.75) is 13.3 Å². The van der Waals surface area contributed by atoms with Gasteiger partial charge in [-0.1, -0.05) is 18.3 Å². The first-order valence-electron chi connectivity index (χ1n) is 5.48. The van der Waals surface area contributed by atoms with Crippen molar-refractivity contribution in [2.24, 2.45) is 0 Å². The van der Waals surface area contributed by atoms with Gasteiger partial charge in [-0.3, -0.25) is 4.79 Å². The lowest BCUT2D eigenvalue weighted by Crippen LogP contribution is -2.32. The van der Waals surface area contributed by atoms with Crippen molar-refractivity contribution in [2.75, 3.05) is 38.6 Å². The first-order valence-corrected chi connectivity index (χ1v) is 6.29. The van der Waals surface area contributed by atoms with Crippen LogP contribution in [0.4, 0.5) is 5.13 Å². The van der Waals surface area contributed by atoms with Crippen LogP contribution >= 0.6 is 11.3 Å². The van der Waals surface area contributed by atoms with E-state index in [0.717, 1.165) is 37.5 Å². The molecule has 0 atom stereocenters. The number of anilines is 1. The van der Waals surface area contributed by atoms with Crippen LogP contribution in [0.2, 0.25) is 0 Å². The van der Waals surface area contributed by atoms with Gasteiger partial charge in [-0.05, 0) is 20.5 Å². The second-order valence-corrected chi connectivity index (χ2v) is 4.99. The van der Waals surface area contributed by atoms with Crippen LogP contribution < -0.4 is 4.90 Å². The van der Waals surface area contributed by atoms with E-state index in [1.54, 1.807) is 6.20 Å². The Labute approximate surface area is 101 Å². The third-order valence-corrected chi connectivity index (χ3v) is 3.19. The molecule has 0 bridgehead atoms. The fourth-order valence-electron chi connectivity index (χ4n) is 1.37. The van der Waals surface area contributed by atoms with Gasteiger partial charge >= 0.3 is 0 Å². The average Bonchev–Trinajstić information content (AvgIpc) is 2.72. The molecular formula is C11H19N3OS. The number of carbonyl (C=O) groups excluding carboxylic acids is 1. The number of thiazole rings is 1. The van der Waals surface area contributed by atoms with Crippen molar-refractivity contribution < 1.29 is 4.79 Å². The van der Waals surface area contributed by atoms with Gasteiger partial charge in [0.1, 0.15) is 0 Å². The van der Waals surface area contributed by atoms with Crippen molar-refractivity contribution >= 4 is 22.8 Å². The molecule has 0 aliphatic carbocycles. The number of carbonyl (C=O) groups is 1. The molecule has 0 radical (unpaired) electrons. The standard InChI is InChI=1S/C11H19N3OS/c1-4-5-14(7-6-13(2)3)11-12-8-10(9-15)16-11/h8-9H,4-7H2,1-3H3. The second kappa shape index (κ2) is 6.60. The molecule has 0 fully saturated rings. The summed E-state index contributed by atoms with van der Waals surface area (Å²) in [5, 5.41) is 0.950. The molecule has 90 valence electrons. The first-order chi connectivity index (χ1) is 7.67. The predicted molar refractivity (Wildman–Crippen MR) is 68.6 cm³/mol. The molecule has 0 spiro atoms. The molecular weight excluding hydrogens is 222 g/mol. The van der Waals surface area contributed by atoms with E-state index in [2.05, 4.69) is 35.8 Å². The fraction of sp³-hybridized carbons (Fsp3) is 0.636. The van der Waals surface area contributed by atoms with Crippen molar-refractivity contribution in [3.63, 3.8) is 0 Å². The Hall–Kier alpha value is -0.940. The van der Waals surface area contributed by atoms with Crippen LogP contribution in [-0.2, 0) is 0 Å². The monoisotopic (exact) mass is 241 g/mol. The van der Waals surface area contributed by atoms with E-state index in [9.17, 15) is 4.79 Å². The van der Waals surface area contributed by atoms with E-state index in [4.69, 9.17) is 0 Å². The number of aromatic nitrogens is 1. The summed E-state index contributed by atoms with van der Waals surface area (Å²) < 4.78 is 0. The van der Waals surface area contributed by atoms with Gasteiger partial charge < -0.3 is 9.80 Å². The topological polar surface area (TPSA) is 36.4 Å². The third kappa shape index (κ3) is 3.90. The van der Waals surface area contributed by atoms with Crippen molar-refractivity contribution in [3.05, 3.63) is 11.1 Å². The van der Waals surface area contributed by atoms with E-state index >= 15 is 0 Å². The summed E-state index contributed by atoms with van der Waals surface area (Å²) in [6.07, 6.45) is 3.59. The predicted octanol–water partition coefficient (Wildman–Crippen LogP) is 1.73. The summed E-state index contributed by atoms with van der Waals surface area (Å²) in [5.41, 5.74) is 0. The highest BCUT2D eigenvalue weighted by molar-refractivity contribution is 7.17. The third-order valence-electron chi connectivity index (χ3n) is 2.21. The SMILES string of the molecule is CCCN(CCN(C)C)c1ncc(C=O)s1. The molecule has 0 aliphatic heterocycles. The van der Waals surface area contributed by atoms with Crippen LogP contribution in [0.3, 0.4) is 0 Å². The molecule has 16 heavy (non-hydrogen) atoms. The van der Waals surface area contributed by atoms with Crippen molar-refractivity contribution in [1.29, 1.82) is 0 Å². The average molecular weight is 241 g/mol. The number of rotatable bonds is 7. The second-order valence-electron chi connectivity index (χ2n) is 3.95. The van der Waals surface area contributed by atoms with Crippen molar-refractivity contribution in [3.8, 4) is 0 Å². The zero-order chi connectivity index (χ0) is 12.0. The van der Waals surface area contributed by atoms with E-state index < -0.39 is 0 Å². The van der Waals surface area contributed by atoms with Gasteiger partial charge in [-0.15, -0.1) is 0 Å². The summed E-state index contributed by atoms with van der Waals surface area (Å²) >= 11 is 1.46. The maximum atomic E-state index is 10.6. The van der Waals surface area contributed by atoms with Crippen LogP contribution in [0.25, 0.3) is 0 Å². The highest BCUT2D eigenvalue weighted by Crippen LogP contribution is 2.21. The molecule has 1 heterocycles. The lowest BCUT2D eigenvalue weighted by atomic mass is 10.4. The zero-order valence-corrected chi connectivity index (χ0v) is 11.0. The van der Waals surface area contributed by atoms with Crippen LogP contribution in [0.5, 0.6) is 0 Å². The Bertz CT molecular complexity index is 325. The minimum Gasteiger partial charge on any atom is -0.347 e. The summed E-state index contributed by atoms with van der Waals surface area (Å²) in [4.78, 5) is 20.0. The normalized spacial score (nSPS) is 10.8. The molecule has 1 aromatic rings. The summed E-state index contributed by atoms with van der Waals surface area (Å²) in [7, 11) is 4.12. The van der Waals surface area contributed by atoms with E-state index in [-0.39, 0.29) is 0 Å².